The zero-order valence-electron chi connectivity index (χ0n) is 30.0. The molecule has 0 fully saturated rings. The van der Waals surface area contributed by atoms with Crippen LogP contribution in [0.2, 0.25) is 0 Å². The van der Waals surface area contributed by atoms with Gasteiger partial charge in [-0.2, -0.15) is 13.2 Å². The van der Waals surface area contributed by atoms with E-state index in [-0.39, 0.29) is 37.5 Å². The molecule has 47 heavy (non-hydrogen) atoms. The summed E-state index contributed by atoms with van der Waals surface area (Å²) in [5.41, 5.74) is 0.117. The molecular weight excluding hydrogens is 781 g/mol. The number of aryl methyl sites for hydroxylation is 1. The molecule has 10 heteroatoms. The second-order valence-electron chi connectivity index (χ2n) is 16.8. The number of alkyl halides is 3. The third-order valence-corrected chi connectivity index (χ3v) is 9.21. The molecule has 258 valence electrons. The van der Waals surface area contributed by atoms with Gasteiger partial charge in [0.2, 0.25) is 0 Å². The van der Waals surface area contributed by atoms with Crippen LogP contribution in [-0.4, -0.2) is 31.6 Å². The summed E-state index contributed by atoms with van der Waals surface area (Å²) in [7, 11) is 0. The van der Waals surface area contributed by atoms with E-state index in [9.17, 15) is 13.2 Å². The van der Waals surface area contributed by atoms with Crippen molar-refractivity contribution in [2.24, 2.45) is 16.2 Å². The molecule has 4 heterocycles. The first-order valence-electron chi connectivity index (χ1n) is 15.8. The maximum absolute atomic E-state index is 14.3. The number of fused-ring (bicyclic) bond motifs is 7. The van der Waals surface area contributed by atoms with Gasteiger partial charge in [0.1, 0.15) is 0 Å². The number of nitrogens with one attached hydrogen (secondary N) is 2. The minimum atomic E-state index is -4.88. The summed E-state index contributed by atoms with van der Waals surface area (Å²) in [6.07, 6.45) is 2.83. The van der Waals surface area contributed by atoms with E-state index in [0.29, 0.717) is 35.0 Å². The normalized spacial score (nSPS) is 17.4. The number of aromatic nitrogens is 4. The average Bonchev–Trinajstić information content (AvgIpc) is 3.27. The maximum atomic E-state index is 14.3. The molecule has 2 N–H and O–H groups in total. The van der Waals surface area contributed by atoms with Gasteiger partial charge in [-0.05, 0) is 66.2 Å². The summed E-state index contributed by atoms with van der Waals surface area (Å²) >= 11 is 0. The predicted molar refractivity (Wildman–Crippen MR) is 179 cm³/mol. The molecule has 0 saturated heterocycles. The van der Waals surface area contributed by atoms with E-state index in [1.54, 1.807) is 18.5 Å². The maximum Gasteiger partial charge on any atom is 2.00 e. The van der Waals surface area contributed by atoms with Crippen LogP contribution in [0, 0.1) is 41.0 Å². The second-order valence-corrected chi connectivity index (χ2v) is 16.8. The monoisotopic (exact) mass is 829 g/mol. The van der Waals surface area contributed by atoms with Gasteiger partial charge in [0.15, 0.2) is 0 Å². The van der Waals surface area contributed by atoms with Crippen molar-refractivity contribution >= 4 is 11.5 Å². The molecular formula is C37H49F3N6Pt. The summed E-state index contributed by atoms with van der Waals surface area (Å²) in [6.45, 7) is 26.1. The Hall–Kier alpha value is -2.80. The fraction of sp³-hybridized carbons (Fsp3) is 0.568. The van der Waals surface area contributed by atoms with E-state index in [1.807, 2.05) is 32.9 Å². The van der Waals surface area contributed by atoms with E-state index < -0.39 is 28.1 Å². The predicted octanol–water partition coefficient (Wildman–Crippen LogP) is 9.27. The van der Waals surface area contributed by atoms with Crippen molar-refractivity contribution in [1.29, 1.82) is 5.41 Å². The average molecular weight is 830 g/mol. The number of rotatable bonds is 3. The minimum Gasteiger partial charge on any atom is -0.453 e. The van der Waals surface area contributed by atoms with E-state index in [0.717, 1.165) is 23.2 Å². The van der Waals surface area contributed by atoms with Crippen LogP contribution in [0.25, 0.3) is 5.82 Å². The first kappa shape index (κ1) is 38.6. The van der Waals surface area contributed by atoms with Crippen molar-refractivity contribution in [1.82, 2.24) is 19.7 Å². The van der Waals surface area contributed by atoms with Crippen LogP contribution in [0.3, 0.4) is 0 Å². The van der Waals surface area contributed by atoms with Crippen LogP contribution in [-0.2, 0) is 44.7 Å². The zero-order valence-corrected chi connectivity index (χ0v) is 32.2. The number of hydrogen-bond donors (Lipinski definition) is 2. The van der Waals surface area contributed by atoms with Gasteiger partial charge in [-0.15, -0.1) is 11.1 Å². The van der Waals surface area contributed by atoms with Crippen molar-refractivity contribution in [3.8, 4) is 5.82 Å². The minimum absolute atomic E-state index is 0. The Labute approximate surface area is 293 Å². The van der Waals surface area contributed by atoms with Crippen LogP contribution in [0.4, 0.5) is 19.0 Å². The Morgan fingerprint density at radius 3 is 1.85 bits per heavy atom. The van der Waals surface area contributed by atoms with Gasteiger partial charge >= 0.3 is 27.2 Å². The molecule has 6 nitrogen and oxygen atoms in total. The summed E-state index contributed by atoms with van der Waals surface area (Å²) in [5.74, 6) is 0.942. The van der Waals surface area contributed by atoms with Crippen LogP contribution < -0.4 is 5.32 Å². The van der Waals surface area contributed by atoms with Crippen LogP contribution >= 0.6 is 0 Å². The van der Waals surface area contributed by atoms with Gasteiger partial charge in [-0.3, -0.25) is 15.1 Å². The van der Waals surface area contributed by atoms with Crippen molar-refractivity contribution in [2.75, 3.05) is 5.32 Å². The van der Waals surface area contributed by atoms with E-state index in [2.05, 4.69) is 85.2 Å². The summed E-state index contributed by atoms with van der Waals surface area (Å²) in [5, 5.41) is 16.1. The third-order valence-electron chi connectivity index (χ3n) is 9.21. The third kappa shape index (κ3) is 8.09. The van der Waals surface area contributed by atoms with Crippen molar-refractivity contribution in [3.05, 3.63) is 76.0 Å². The van der Waals surface area contributed by atoms with Crippen molar-refractivity contribution < 1.29 is 34.2 Å². The number of pyridine rings is 2. The quantitative estimate of drug-likeness (QED) is 0.204. The molecule has 1 aliphatic rings. The summed E-state index contributed by atoms with van der Waals surface area (Å²) in [4.78, 5) is 10.1. The Morgan fingerprint density at radius 1 is 0.830 bits per heavy atom. The Morgan fingerprint density at radius 2 is 1.34 bits per heavy atom. The number of halogens is 3. The van der Waals surface area contributed by atoms with Gasteiger partial charge in [0, 0.05) is 28.3 Å². The fourth-order valence-corrected chi connectivity index (χ4v) is 6.07. The SMILES string of the molecule is Cc1nn2[c-]c1C(C)(C)C(C)(C)C(C(=N)C(F)(F)F)=[C-]Nc1cc(CC(C)(C)C)cc(n1)C(C)(C)c1cc(CC(C)(C)C)cc-2n1.[Pt+2]. The molecule has 0 spiro atoms. The standard InChI is InChI=1S/C37H49F3N6.Pt/c1-22-26-21-46(45-22)30-17-24(19-33(5,6)7)15-28(44-30)34(8,9)27-14-23(18-32(2,3)4)16-29(43-27)42-20-25(31(41)37(38,39)40)35(10,11)36(26,12)13;/h14-17,41H,18-19H2,1-13H3,(H,42,43);/q-2;+2. The Balaban J connectivity index is 0.00000600. The topological polar surface area (TPSA) is 79.5 Å². The molecule has 0 aromatic carbocycles. The van der Waals surface area contributed by atoms with Gasteiger partial charge in [-0.25, -0.2) is 0 Å². The zero-order chi connectivity index (χ0) is 34.8. The van der Waals surface area contributed by atoms with Gasteiger partial charge in [-0.1, -0.05) is 112 Å². The van der Waals surface area contributed by atoms with Gasteiger partial charge in [0.05, 0.1) is 5.82 Å². The van der Waals surface area contributed by atoms with E-state index >= 15 is 0 Å². The summed E-state index contributed by atoms with van der Waals surface area (Å²) < 4.78 is 44.5. The molecule has 3 aromatic rings. The molecule has 4 rings (SSSR count). The van der Waals surface area contributed by atoms with Crippen molar-refractivity contribution in [2.45, 2.75) is 120 Å². The van der Waals surface area contributed by atoms with Gasteiger partial charge < -0.3 is 15.4 Å². The smallest absolute Gasteiger partial charge is 0.453 e. The Kier molecular flexibility index (Phi) is 10.3. The summed E-state index contributed by atoms with van der Waals surface area (Å²) in [6, 6.07) is 8.06. The van der Waals surface area contributed by atoms with Crippen LogP contribution in [0.1, 0.15) is 117 Å². The molecule has 0 saturated carbocycles. The van der Waals surface area contributed by atoms with Crippen molar-refractivity contribution in [3.63, 3.8) is 0 Å². The molecule has 0 unspecified atom stereocenters. The number of anilines is 1. The number of nitrogens with zero attached hydrogens (tertiary/aromatic N) is 4. The van der Waals surface area contributed by atoms with E-state index in [1.165, 1.54) is 0 Å². The number of allylic oxidation sites excluding steroid dienone is 1. The Bertz CT molecular complexity index is 1680. The van der Waals surface area contributed by atoms with E-state index in [4.69, 9.17) is 20.5 Å². The van der Waals surface area contributed by atoms with Crippen LogP contribution in [0.5, 0.6) is 0 Å². The second kappa shape index (κ2) is 12.6. The first-order chi connectivity index (χ1) is 20.7. The molecule has 0 atom stereocenters. The number of hydrogen-bond acceptors (Lipinski definition) is 5. The van der Waals surface area contributed by atoms with Crippen LogP contribution in [0.15, 0.2) is 29.8 Å². The molecule has 6 bridgehead atoms. The molecule has 3 aromatic heterocycles. The van der Waals surface area contributed by atoms with Gasteiger partial charge in [0.25, 0.3) is 0 Å². The first-order valence-corrected chi connectivity index (χ1v) is 15.8. The molecule has 0 aliphatic carbocycles. The fourth-order valence-electron chi connectivity index (χ4n) is 6.07. The molecule has 0 radical (unpaired) electrons. The molecule has 0 amide bonds. The molecule has 1 aliphatic heterocycles. The largest absolute Gasteiger partial charge is 2.00 e.